The molecule has 1 heterocycles. The van der Waals surface area contributed by atoms with Gasteiger partial charge in [0.1, 0.15) is 5.75 Å². The monoisotopic (exact) mass is 256 g/mol. The van der Waals surface area contributed by atoms with Crippen molar-refractivity contribution >= 4 is 6.21 Å². The molecule has 3 heteroatoms. The summed E-state index contributed by atoms with van der Waals surface area (Å²) in [5, 5.41) is 14.5. The minimum absolute atomic E-state index is 0.300. The fraction of sp³-hybridized carbons (Fsp3) is 0.312. The molecule has 3 nitrogen and oxygen atoms in total. The zero-order valence-electron chi connectivity index (χ0n) is 12.2. The van der Waals surface area contributed by atoms with Crippen molar-refractivity contribution in [2.45, 2.75) is 34.6 Å². The van der Waals surface area contributed by atoms with E-state index in [1.807, 2.05) is 44.5 Å². The van der Waals surface area contributed by atoms with Gasteiger partial charge in [-0.2, -0.15) is 5.10 Å². The Bertz CT molecular complexity index is 651. The Balaban J connectivity index is 2.43. The first kappa shape index (κ1) is 13.4. The Hall–Kier alpha value is -2.03. The van der Waals surface area contributed by atoms with Crippen molar-refractivity contribution in [2.75, 3.05) is 0 Å². The summed E-state index contributed by atoms with van der Waals surface area (Å²) in [5.41, 5.74) is 6.18. The van der Waals surface area contributed by atoms with E-state index in [0.717, 1.165) is 28.1 Å². The van der Waals surface area contributed by atoms with Crippen LogP contribution in [0.15, 0.2) is 23.3 Å². The molecule has 0 amide bonds. The molecule has 0 saturated carbocycles. The van der Waals surface area contributed by atoms with Gasteiger partial charge in [-0.3, -0.25) is 0 Å². The highest BCUT2D eigenvalue weighted by atomic mass is 16.3. The number of phenolic OH excluding ortho intramolecular Hbond substituents is 1. The molecule has 2 aromatic rings. The van der Waals surface area contributed by atoms with Crippen molar-refractivity contribution in [3.8, 4) is 5.75 Å². The van der Waals surface area contributed by atoms with Gasteiger partial charge >= 0.3 is 0 Å². The molecule has 1 N–H and O–H groups in total. The van der Waals surface area contributed by atoms with Crippen LogP contribution in [0.1, 0.15) is 33.6 Å². The van der Waals surface area contributed by atoms with Gasteiger partial charge in [0.05, 0.1) is 6.21 Å². The van der Waals surface area contributed by atoms with Gasteiger partial charge < -0.3 is 5.11 Å². The lowest BCUT2D eigenvalue weighted by Gasteiger charge is -2.06. The molecule has 2 rings (SSSR count). The fourth-order valence-corrected chi connectivity index (χ4v) is 2.30. The first-order chi connectivity index (χ1) is 8.90. The second-order valence-corrected chi connectivity index (χ2v) is 5.13. The number of aryl methyl sites for hydroxylation is 4. The first-order valence-electron chi connectivity index (χ1n) is 6.40. The molecular weight excluding hydrogens is 236 g/mol. The third-order valence-electron chi connectivity index (χ3n) is 3.43. The van der Waals surface area contributed by atoms with Gasteiger partial charge in [0, 0.05) is 17.0 Å². The Morgan fingerprint density at radius 3 is 2.26 bits per heavy atom. The lowest BCUT2D eigenvalue weighted by atomic mass is 10.1. The molecule has 0 radical (unpaired) electrons. The van der Waals surface area contributed by atoms with Crippen LogP contribution in [0, 0.1) is 34.6 Å². The van der Waals surface area contributed by atoms with Crippen LogP contribution in [0.3, 0.4) is 0 Å². The van der Waals surface area contributed by atoms with E-state index in [2.05, 4.69) is 18.1 Å². The minimum Gasteiger partial charge on any atom is -0.507 e. The van der Waals surface area contributed by atoms with Gasteiger partial charge in [0.25, 0.3) is 0 Å². The molecule has 0 aliphatic carbocycles. The van der Waals surface area contributed by atoms with Crippen LogP contribution in [-0.4, -0.2) is 16.0 Å². The van der Waals surface area contributed by atoms with Crippen molar-refractivity contribution in [1.29, 1.82) is 0 Å². The number of aromatic hydroxyl groups is 1. The molecule has 0 unspecified atom stereocenters. The molecule has 100 valence electrons. The van der Waals surface area contributed by atoms with E-state index < -0.39 is 0 Å². The lowest BCUT2D eigenvalue weighted by molar-refractivity contribution is 0.470. The highest BCUT2D eigenvalue weighted by molar-refractivity contribution is 5.84. The van der Waals surface area contributed by atoms with E-state index in [0.29, 0.717) is 5.75 Å². The maximum absolute atomic E-state index is 10.0. The lowest BCUT2D eigenvalue weighted by Crippen LogP contribution is -1.97. The van der Waals surface area contributed by atoms with Crippen LogP contribution in [0.4, 0.5) is 0 Å². The quantitative estimate of drug-likeness (QED) is 0.819. The van der Waals surface area contributed by atoms with Crippen LogP contribution in [0.2, 0.25) is 0 Å². The highest BCUT2D eigenvalue weighted by Gasteiger charge is 2.06. The maximum Gasteiger partial charge on any atom is 0.127 e. The second-order valence-electron chi connectivity index (χ2n) is 5.13. The molecule has 0 bridgehead atoms. The van der Waals surface area contributed by atoms with Gasteiger partial charge in [0.2, 0.25) is 0 Å². The summed E-state index contributed by atoms with van der Waals surface area (Å²) in [4.78, 5) is 0. The van der Waals surface area contributed by atoms with E-state index in [-0.39, 0.29) is 0 Å². The van der Waals surface area contributed by atoms with Gasteiger partial charge in [-0.05, 0) is 63.4 Å². The van der Waals surface area contributed by atoms with Crippen molar-refractivity contribution in [3.05, 3.63) is 51.8 Å². The third kappa shape index (κ3) is 2.55. The summed E-state index contributed by atoms with van der Waals surface area (Å²) in [5.74, 6) is 0.300. The molecular formula is C16H20N2O. The second kappa shape index (κ2) is 4.92. The standard InChI is InChI=1S/C16H20N2O/c1-10-6-12(3)16(19)15(7-10)9-17-18-13(4)8-11(2)14(18)5/h6-9,19H,1-5H3/b17-9+. The number of benzene rings is 1. The number of rotatable bonds is 2. The van der Waals surface area contributed by atoms with Crippen molar-refractivity contribution < 1.29 is 5.11 Å². The summed E-state index contributed by atoms with van der Waals surface area (Å²) in [6.07, 6.45) is 1.72. The van der Waals surface area contributed by atoms with E-state index in [4.69, 9.17) is 0 Å². The van der Waals surface area contributed by atoms with Crippen LogP contribution < -0.4 is 0 Å². The van der Waals surface area contributed by atoms with Crippen molar-refractivity contribution in [2.24, 2.45) is 5.10 Å². The number of aromatic nitrogens is 1. The topological polar surface area (TPSA) is 37.5 Å². The van der Waals surface area contributed by atoms with Gasteiger partial charge in [-0.15, -0.1) is 0 Å². The molecule has 0 aliphatic rings. The van der Waals surface area contributed by atoms with E-state index in [1.54, 1.807) is 6.21 Å². The molecule has 0 saturated heterocycles. The Labute approximate surface area is 114 Å². The molecule has 19 heavy (non-hydrogen) atoms. The average molecular weight is 256 g/mol. The largest absolute Gasteiger partial charge is 0.507 e. The maximum atomic E-state index is 10.0. The first-order valence-corrected chi connectivity index (χ1v) is 6.40. The number of hydrogen-bond donors (Lipinski definition) is 1. The molecule has 0 aliphatic heterocycles. The zero-order valence-corrected chi connectivity index (χ0v) is 12.2. The molecule has 0 atom stereocenters. The summed E-state index contributed by atoms with van der Waals surface area (Å²) >= 11 is 0. The van der Waals surface area contributed by atoms with Crippen molar-refractivity contribution in [1.82, 2.24) is 4.68 Å². The van der Waals surface area contributed by atoms with Crippen LogP contribution in [0.5, 0.6) is 5.75 Å². The van der Waals surface area contributed by atoms with Crippen LogP contribution in [0.25, 0.3) is 0 Å². The molecule has 1 aromatic carbocycles. The van der Waals surface area contributed by atoms with E-state index in [9.17, 15) is 5.11 Å². The smallest absolute Gasteiger partial charge is 0.127 e. The van der Waals surface area contributed by atoms with E-state index in [1.165, 1.54) is 5.56 Å². The van der Waals surface area contributed by atoms with E-state index >= 15 is 0 Å². The number of phenols is 1. The normalized spacial score (nSPS) is 11.4. The summed E-state index contributed by atoms with van der Waals surface area (Å²) in [6.45, 7) is 10.1. The van der Waals surface area contributed by atoms with Gasteiger partial charge in [0.15, 0.2) is 0 Å². The summed E-state index contributed by atoms with van der Waals surface area (Å²) in [7, 11) is 0. The number of hydrogen-bond acceptors (Lipinski definition) is 2. The number of nitrogens with zero attached hydrogens (tertiary/aromatic N) is 2. The van der Waals surface area contributed by atoms with Crippen LogP contribution >= 0.6 is 0 Å². The average Bonchev–Trinajstić information content (AvgIpc) is 2.57. The van der Waals surface area contributed by atoms with Gasteiger partial charge in [-0.25, -0.2) is 4.68 Å². The molecule has 0 spiro atoms. The fourth-order valence-electron chi connectivity index (χ4n) is 2.30. The van der Waals surface area contributed by atoms with Crippen LogP contribution in [-0.2, 0) is 0 Å². The van der Waals surface area contributed by atoms with Crippen molar-refractivity contribution in [3.63, 3.8) is 0 Å². The summed E-state index contributed by atoms with van der Waals surface area (Å²) in [6, 6.07) is 6.00. The molecule has 1 aromatic heterocycles. The third-order valence-corrected chi connectivity index (χ3v) is 3.43. The predicted molar refractivity (Wildman–Crippen MR) is 79.2 cm³/mol. The molecule has 0 fully saturated rings. The Morgan fingerprint density at radius 1 is 1.00 bits per heavy atom. The predicted octanol–water partition coefficient (Wildman–Crippen LogP) is 3.62. The highest BCUT2D eigenvalue weighted by Crippen LogP contribution is 2.22. The van der Waals surface area contributed by atoms with Gasteiger partial charge in [-0.1, -0.05) is 6.07 Å². The SMILES string of the molecule is Cc1cc(C)c(O)c(/C=N/n2c(C)cc(C)c2C)c1. The Morgan fingerprint density at radius 2 is 1.68 bits per heavy atom. The Kier molecular flexibility index (Phi) is 3.47. The minimum atomic E-state index is 0.300. The zero-order chi connectivity index (χ0) is 14.2. The summed E-state index contributed by atoms with van der Waals surface area (Å²) < 4.78 is 1.90.